The molecule has 1 aromatic heterocycles. The number of aliphatic hydroxyl groups is 1. The van der Waals surface area contributed by atoms with Gasteiger partial charge in [-0.2, -0.15) is 0 Å². The van der Waals surface area contributed by atoms with E-state index in [9.17, 15) is 5.11 Å². The molecule has 3 N–H and O–H groups in total. The van der Waals surface area contributed by atoms with Crippen molar-refractivity contribution in [3.05, 3.63) is 17.3 Å². The first-order valence-electron chi connectivity index (χ1n) is 5.43. The highest BCUT2D eigenvalue weighted by molar-refractivity contribution is 6.29. The van der Waals surface area contributed by atoms with E-state index >= 15 is 0 Å². The summed E-state index contributed by atoms with van der Waals surface area (Å²) in [4.78, 5) is 6.32. The van der Waals surface area contributed by atoms with Crippen molar-refractivity contribution in [3.8, 4) is 0 Å². The average molecular weight is 242 g/mol. The number of nitrogens with two attached hydrogens (primary N) is 1. The van der Waals surface area contributed by atoms with Crippen LogP contribution < -0.4 is 10.6 Å². The predicted octanol–water partition coefficient (Wildman–Crippen LogP) is 1.52. The van der Waals surface area contributed by atoms with Crippen molar-refractivity contribution in [1.29, 1.82) is 0 Å². The smallest absolute Gasteiger partial charge is 0.153 e. The molecule has 2 atom stereocenters. The van der Waals surface area contributed by atoms with Gasteiger partial charge in [-0.05, 0) is 25.5 Å². The molecule has 0 saturated carbocycles. The molecule has 1 aliphatic heterocycles. The lowest BCUT2D eigenvalue weighted by Gasteiger charge is -2.20. The Balaban J connectivity index is 2.17. The van der Waals surface area contributed by atoms with E-state index in [-0.39, 0.29) is 6.10 Å². The second-order valence-corrected chi connectivity index (χ2v) is 4.67. The molecule has 0 amide bonds. The maximum atomic E-state index is 9.54. The Labute approximate surface area is 100 Å². The maximum Gasteiger partial charge on any atom is 0.153 e. The molecule has 1 fully saturated rings. The molecule has 5 heteroatoms. The summed E-state index contributed by atoms with van der Waals surface area (Å²) in [7, 11) is 0. The van der Waals surface area contributed by atoms with Crippen molar-refractivity contribution in [2.24, 2.45) is 5.92 Å². The van der Waals surface area contributed by atoms with Gasteiger partial charge < -0.3 is 15.7 Å². The molecule has 0 radical (unpaired) electrons. The van der Waals surface area contributed by atoms with Crippen molar-refractivity contribution >= 4 is 23.1 Å². The first-order chi connectivity index (χ1) is 7.58. The number of anilines is 2. The molecule has 0 aromatic carbocycles. The minimum Gasteiger partial charge on any atom is -0.396 e. The molecular formula is C11H16ClN3O. The first-order valence-corrected chi connectivity index (χ1v) is 5.80. The number of nitrogens with zero attached hydrogens (tertiary/aromatic N) is 2. The van der Waals surface area contributed by atoms with Crippen LogP contribution in [-0.4, -0.2) is 29.3 Å². The Bertz CT molecular complexity index is 383. The molecule has 16 heavy (non-hydrogen) atoms. The van der Waals surface area contributed by atoms with Crippen LogP contribution >= 0.6 is 11.6 Å². The molecule has 1 aromatic rings. The highest BCUT2D eigenvalue weighted by Gasteiger charge is 2.27. The molecule has 4 nitrogen and oxygen atoms in total. The fourth-order valence-electron chi connectivity index (χ4n) is 2.06. The van der Waals surface area contributed by atoms with E-state index in [0.29, 0.717) is 16.8 Å². The zero-order valence-electron chi connectivity index (χ0n) is 9.23. The fourth-order valence-corrected chi connectivity index (χ4v) is 2.21. The van der Waals surface area contributed by atoms with E-state index in [4.69, 9.17) is 17.3 Å². The second kappa shape index (κ2) is 4.47. The summed E-state index contributed by atoms with van der Waals surface area (Å²) in [5.41, 5.74) is 6.50. The van der Waals surface area contributed by atoms with Gasteiger partial charge in [0, 0.05) is 19.0 Å². The summed E-state index contributed by atoms with van der Waals surface area (Å²) in [5.74, 6) is 1.02. The van der Waals surface area contributed by atoms with Crippen LogP contribution in [0.1, 0.15) is 13.3 Å². The van der Waals surface area contributed by atoms with E-state index in [1.165, 1.54) is 0 Å². The second-order valence-electron chi connectivity index (χ2n) is 4.28. The largest absolute Gasteiger partial charge is 0.396 e. The van der Waals surface area contributed by atoms with Crippen molar-refractivity contribution in [3.63, 3.8) is 0 Å². The molecule has 1 saturated heterocycles. The van der Waals surface area contributed by atoms with Gasteiger partial charge in [0.2, 0.25) is 0 Å². The molecule has 2 rings (SSSR count). The van der Waals surface area contributed by atoms with Gasteiger partial charge in [-0.25, -0.2) is 4.98 Å². The lowest BCUT2D eigenvalue weighted by Crippen LogP contribution is -2.25. The van der Waals surface area contributed by atoms with Gasteiger partial charge in [0.25, 0.3) is 0 Å². The quantitative estimate of drug-likeness (QED) is 0.771. The molecule has 0 aliphatic carbocycles. The van der Waals surface area contributed by atoms with Gasteiger partial charge in [0.05, 0.1) is 11.8 Å². The van der Waals surface area contributed by atoms with E-state index in [0.717, 1.165) is 25.3 Å². The Kier molecular flexibility index (Phi) is 3.21. The normalized spacial score (nSPS) is 22.4. The van der Waals surface area contributed by atoms with Crippen molar-refractivity contribution in [2.75, 3.05) is 23.7 Å². The average Bonchev–Trinajstić information content (AvgIpc) is 2.70. The van der Waals surface area contributed by atoms with Gasteiger partial charge in [-0.15, -0.1) is 0 Å². The SMILES string of the molecule is CC(O)C1CCN(c2nc(Cl)ccc2N)C1. The lowest BCUT2D eigenvalue weighted by atomic mass is 10.0. The van der Waals surface area contributed by atoms with Gasteiger partial charge >= 0.3 is 0 Å². The van der Waals surface area contributed by atoms with Crippen LogP contribution in [0.3, 0.4) is 0 Å². The van der Waals surface area contributed by atoms with E-state index in [1.807, 2.05) is 6.92 Å². The summed E-state index contributed by atoms with van der Waals surface area (Å²) in [5, 5.41) is 9.99. The molecule has 88 valence electrons. The maximum absolute atomic E-state index is 9.54. The van der Waals surface area contributed by atoms with Gasteiger partial charge in [-0.1, -0.05) is 11.6 Å². The summed E-state index contributed by atoms with van der Waals surface area (Å²) in [6.45, 7) is 3.48. The molecule has 1 aliphatic rings. The molecule has 0 bridgehead atoms. The number of rotatable bonds is 2. The lowest BCUT2D eigenvalue weighted by molar-refractivity contribution is 0.136. The highest BCUT2D eigenvalue weighted by atomic mass is 35.5. The number of nitrogen functional groups attached to an aromatic ring is 1. The van der Waals surface area contributed by atoms with E-state index in [1.54, 1.807) is 12.1 Å². The van der Waals surface area contributed by atoms with Crippen LogP contribution in [0, 0.1) is 5.92 Å². The third-order valence-corrected chi connectivity index (χ3v) is 3.29. The number of pyridine rings is 1. The Hall–Kier alpha value is -1.00. The number of hydrogen-bond acceptors (Lipinski definition) is 4. The van der Waals surface area contributed by atoms with Crippen LogP contribution in [0.4, 0.5) is 11.5 Å². The topological polar surface area (TPSA) is 62.4 Å². The number of aliphatic hydroxyl groups excluding tert-OH is 1. The van der Waals surface area contributed by atoms with Crippen LogP contribution in [-0.2, 0) is 0 Å². The van der Waals surface area contributed by atoms with Gasteiger partial charge in [-0.3, -0.25) is 0 Å². The third-order valence-electron chi connectivity index (χ3n) is 3.08. The van der Waals surface area contributed by atoms with Crippen molar-refractivity contribution < 1.29 is 5.11 Å². The molecule has 2 unspecified atom stereocenters. The van der Waals surface area contributed by atoms with Crippen LogP contribution in [0.5, 0.6) is 0 Å². The zero-order chi connectivity index (χ0) is 11.7. The highest BCUT2D eigenvalue weighted by Crippen LogP contribution is 2.29. The minimum absolute atomic E-state index is 0.287. The molecule has 0 spiro atoms. The van der Waals surface area contributed by atoms with Crippen LogP contribution in [0.25, 0.3) is 0 Å². The number of hydrogen-bond donors (Lipinski definition) is 2. The first kappa shape index (κ1) is 11.5. The van der Waals surface area contributed by atoms with Crippen LogP contribution in [0.15, 0.2) is 12.1 Å². The van der Waals surface area contributed by atoms with Crippen molar-refractivity contribution in [2.45, 2.75) is 19.4 Å². The Morgan fingerprint density at radius 1 is 1.62 bits per heavy atom. The Morgan fingerprint density at radius 3 is 3.00 bits per heavy atom. The van der Waals surface area contributed by atoms with E-state index < -0.39 is 0 Å². The predicted molar refractivity (Wildman–Crippen MR) is 65.7 cm³/mol. The van der Waals surface area contributed by atoms with Gasteiger partial charge in [0.1, 0.15) is 5.15 Å². The molecule has 2 heterocycles. The monoisotopic (exact) mass is 241 g/mol. The molecular weight excluding hydrogens is 226 g/mol. The Morgan fingerprint density at radius 2 is 2.38 bits per heavy atom. The number of halogens is 1. The van der Waals surface area contributed by atoms with E-state index in [2.05, 4.69) is 9.88 Å². The van der Waals surface area contributed by atoms with Crippen LogP contribution in [0.2, 0.25) is 5.15 Å². The summed E-state index contributed by atoms with van der Waals surface area (Å²) >= 11 is 5.85. The summed E-state index contributed by atoms with van der Waals surface area (Å²) in [6, 6.07) is 3.45. The summed E-state index contributed by atoms with van der Waals surface area (Å²) < 4.78 is 0. The number of aromatic nitrogens is 1. The minimum atomic E-state index is -0.287. The standard InChI is InChI=1S/C11H16ClN3O/c1-7(16)8-4-5-15(6-8)11-9(13)2-3-10(12)14-11/h2-3,7-8,16H,4-6,13H2,1H3. The zero-order valence-corrected chi connectivity index (χ0v) is 9.98. The van der Waals surface area contributed by atoms with Crippen molar-refractivity contribution in [1.82, 2.24) is 4.98 Å². The third kappa shape index (κ3) is 2.23. The fraction of sp³-hybridized carbons (Fsp3) is 0.545. The summed E-state index contributed by atoms with van der Waals surface area (Å²) in [6.07, 6.45) is 0.677. The van der Waals surface area contributed by atoms with Gasteiger partial charge in [0.15, 0.2) is 5.82 Å².